The molecule has 0 saturated heterocycles. The Kier molecular flexibility index (Phi) is 5.16. The lowest BCUT2D eigenvalue weighted by atomic mass is 10.0. The molecule has 0 spiro atoms. The molecule has 0 bridgehead atoms. The number of rotatable bonds is 6. The smallest absolute Gasteiger partial charge is 0.250 e. The molecule has 1 atom stereocenters. The quantitative estimate of drug-likeness (QED) is 0.859. The third-order valence-corrected chi connectivity index (χ3v) is 6.36. The molecule has 0 fully saturated rings. The molecule has 0 aliphatic carbocycles. The molecular weight excluding hydrogens is 304 g/mol. The molecule has 1 aromatic carbocycles. The Bertz CT molecular complexity index is 708. The molecule has 0 radical (unpaired) electrons. The summed E-state index contributed by atoms with van der Waals surface area (Å²) in [5.74, 6) is 0. The van der Waals surface area contributed by atoms with Gasteiger partial charge in [0, 0.05) is 17.5 Å². The van der Waals surface area contributed by atoms with Crippen LogP contribution in [0.5, 0.6) is 0 Å². The van der Waals surface area contributed by atoms with Gasteiger partial charge in [0.1, 0.15) is 4.21 Å². The molecule has 21 heavy (non-hydrogen) atoms. The minimum absolute atomic E-state index is 0.258. The van der Waals surface area contributed by atoms with E-state index in [4.69, 9.17) is 0 Å². The van der Waals surface area contributed by atoms with Gasteiger partial charge in [-0.3, -0.25) is 0 Å². The number of nitrogens with one attached hydrogen (secondary N) is 2. The minimum Gasteiger partial charge on any atom is -0.315 e. The molecule has 2 rings (SSSR count). The summed E-state index contributed by atoms with van der Waals surface area (Å²) in [6.07, 6.45) is 0. The number of benzene rings is 1. The van der Waals surface area contributed by atoms with E-state index < -0.39 is 10.0 Å². The van der Waals surface area contributed by atoms with E-state index in [-0.39, 0.29) is 6.04 Å². The monoisotopic (exact) mass is 324 g/mol. The highest BCUT2D eigenvalue weighted by molar-refractivity contribution is 7.91. The van der Waals surface area contributed by atoms with Crippen LogP contribution < -0.4 is 10.0 Å². The maximum Gasteiger partial charge on any atom is 0.250 e. The Labute approximate surface area is 130 Å². The predicted molar refractivity (Wildman–Crippen MR) is 87.0 cm³/mol. The van der Waals surface area contributed by atoms with Crippen molar-refractivity contribution in [1.29, 1.82) is 0 Å². The third kappa shape index (κ3) is 3.91. The summed E-state index contributed by atoms with van der Waals surface area (Å²) in [6, 6.07) is 11.0. The molecule has 1 unspecified atom stereocenters. The normalized spacial score (nSPS) is 13.3. The van der Waals surface area contributed by atoms with Crippen LogP contribution in [0.1, 0.15) is 29.0 Å². The van der Waals surface area contributed by atoms with Gasteiger partial charge in [-0.2, -0.15) is 0 Å². The molecule has 0 amide bonds. The van der Waals surface area contributed by atoms with Gasteiger partial charge in [0.15, 0.2) is 0 Å². The fourth-order valence-corrected chi connectivity index (χ4v) is 4.81. The van der Waals surface area contributed by atoms with E-state index in [1.165, 1.54) is 11.3 Å². The number of sulfonamides is 1. The number of aryl methyl sites for hydroxylation is 1. The summed E-state index contributed by atoms with van der Waals surface area (Å²) < 4.78 is 27.9. The van der Waals surface area contributed by atoms with Crippen LogP contribution in [-0.4, -0.2) is 15.5 Å². The van der Waals surface area contributed by atoms with Crippen LogP contribution in [0, 0.1) is 6.92 Å². The summed E-state index contributed by atoms with van der Waals surface area (Å²) in [6.45, 7) is 4.52. The molecule has 2 aromatic rings. The van der Waals surface area contributed by atoms with Crippen molar-refractivity contribution in [2.75, 3.05) is 7.05 Å². The molecule has 1 heterocycles. The van der Waals surface area contributed by atoms with Gasteiger partial charge in [0.25, 0.3) is 10.0 Å². The molecule has 0 saturated carbocycles. The average Bonchev–Trinajstić information content (AvgIpc) is 2.88. The van der Waals surface area contributed by atoms with E-state index in [0.29, 0.717) is 10.8 Å². The lowest BCUT2D eigenvalue weighted by molar-refractivity contribution is 0.568. The largest absolute Gasteiger partial charge is 0.315 e. The Balaban J connectivity index is 2.18. The molecule has 2 N–H and O–H groups in total. The van der Waals surface area contributed by atoms with Gasteiger partial charge in [-0.05, 0) is 44.2 Å². The second kappa shape index (κ2) is 6.70. The van der Waals surface area contributed by atoms with E-state index in [0.717, 1.165) is 16.0 Å². The van der Waals surface area contributed by atoms with E-state index >= 15 is 0 Å². The third-order valence-electron chi connectivity index (χ3n) is 3.24. The maximum absolute atomic E-state index is 12.4. The van der Waals surface area contributed by atoms with Gasteiger partial charge in [-0.25, -0.2) is 13.1 Å². The fourth-order valence-electron chi connectivity index (χ4n) is 2.20. The first-order chi connectivity index (χ1) is 9.94. The first-order valence-corrected chi connectivity index (χ1v) is 9.05. The topological polar surface area (TPSA) is 58.2 Å². The second-order valence-electron chi connectivity index (χ2n) is 4.95. The number of hydrogen-bond acceptors (Lipinski definition) is 4. The van der Waals surface area contributed by atoms with Crippen molar-refractivity contribution < 1.29 is 8.42 Å². The zero-order valence-electron chi connectivity index (χ0n) is 12.4. The summed E-state index contributed by atoms with van der Waals surface area (Å²) >= 11 is 1.29. The zero-order chi connectivity index (χ0) is 15.5. The van der Waals surface area contributed by atoms with Crippen molar-refractivity contribution in [3.63, 3.8) is 0 Å². The van der Waals surface area contributed by atoms with Crippen LogP contribution in [-0.2, 0) is 16.6 Å². The lowest BCUT2D eigenvalue weighted by Gasteiger charge is -2.16. The van der Waals surface area contributed by atoms with Crippen LogP contribution >= 0.6 is 11.3 Å². The Morgan fingerprint density at radius 3 is 2.57 bits per heavy atom. The first kappa shape index (κ1) is 16.2. The van der Waals surface area contributed by atoms with Gasteiger partial charge < -0.3 is 5.32 Å². The van der Waals surface area contributed by atoms with Crippen LogP contribution in [0.25, 0.3) is 0 Å². The van der Waals surface area contributed by atoms with Crippen LogP contribution in [0.4, 0.5) is 0 Å². The summed E-state index contributed by atoms with van der Waals surface area (Å²) in [5, 5.41) is 3.02. The summed E-state index contributed by atoms with van der Waals surface area (Å²) in [5.41, 5.74) is 2.07. The molecule has 0 aliphatic rings. The van der Waals surface area contributed by atoms with Crippen LogP contribution in [0.2, 0.25) is 0 Å². The molecule has 6 heteroatoms. The highest BCUT2D eigenvalue weighted by Gasteiger charge is 2.21. The first-order valence-electron chi connectivity index (χ1n) is 6.75. The van der Waals surface area contributed by atoms with Gasteiger partial charge in [-0.15, -0.1) is 11.3 Å². The van der Waals surface area contributed by atoms with Crippen molar-refractivity contribution in [2.45, 2.75) is 30.6 Å². The molecule has 1 aromatic heterocycles. The van der Waals surface area contributed by atoms with Gasteiger partial charge in [0.05, 0.1) is 0 Å². The van der Waals surface area contributed by atoms with E-state index in [1.807, 2.05) is 51.2 Å². The Hall–Kier alpha value is -1.21. The molecule has 4 nitrogen and oxygen atoms in total. The Morgan fingerprint density at radius 1 is 1.19 bits per heavy atom. The molecular formula is C15H20N2O2S2. The van der Waals surface area contributed by atoms with Crippen LogP contribution in [0.15, 0.2) is 40.6 Å². The average molecular weight is 324 g/mol. The second-order valence-corrected chi connectivity index (χ2v) is 8.06. The van der Waals surface area contributed by atoms with E-state index in [2.05, 4.69) is 10.0 Å². The fraction of sp³-hybridized carbons (Fsp3) is 0.333. The van der Waals surface area contributed by atoms with Crippen molar-refractivity contribution in [1.82, 2.24) is 10.0 Å². The Morgan fingerprint density at radius 2 is 1.90 bits per heavy atom. The molecule has 114 valence electrons. The highest BCUT2D eigenvalue weighted by atomic mass is 32.2. The number of thiophene rings is 1. The van der Waals surface area contributed by atoms with Gasteiger partial charge in [-0.1, -0.05) is 24.3 Å². The lowest BCUT2D eigenvalue weighted by Crippen LogP contribution is -2.26. The highest BCUT2D eigenvalue weighted by Crippen LogP contribution is 2.24. The number of hydrogen-bond donors (Lipinski definition) is 2. The zero-order valence-corrected chi connectivity index (χ0v) is 14.0. The van der Waals surface area contributed by atoms with Gasteiger partial charge in [0.2, 0.25) is 0 Å². The standard InChI is InChI=1S/C15H20N2O2S2/c1-11-6-4-5-7-14(11)12(2)17-21(18,19)15-9-8-13(20-15)10-16-3/h4-9,12,16-17H,10H2,1-3H3. The van der Waals surface area contributed by atoms with Crippen LogP contribution in [0.3, 0.4) is 0 Å². The minimum atomic E-state index is -3.48. The molecule has 0 aliphatic heterocycles. The van der Waals surface area contributed by atoms with Crippen molar-refractivity contribution in [3.8, 4) is 0 Å². The van der Waals surface area contributed by atoms with E-state index in [1.54, 1.807) is 6.07 Å². The van der Waals surface area contributed by atoms with Crippen molar-refractivity contribution >= 4 is 21.4 Å². The predicted octanol–water partition coefficient (Wildman–Crippen LogP) is 2.82. The van der Waals surface area contributed by atoms with Crippen molar-refractivity contribution in [2.24, 2.45) is 0 Å². The van der Waals surface area contributed by atoms with Crippen molar-refractivity contribution in [3.05, 3.63) is 52.4 Å². The summed E-state index contributed by atoms with van der Waals surface area (Å²) in [4.78, 5) is 1.00. The summed E-state index contributed by atoms with van der Waals surface area (Å²) in [7, 11) is -1.64. The van der Waals surface area contributed by atoms with E-state index in [9.17, 15) is 8.42 Å². The SMILES string of the molecule is CNCc1ccc(S(=O)(=O)NC(C)c2ccccc2C)s1. The maximum atomic E-state index is 12.4. The van der Waals surface area contributed by atoms with Gasteiger partial charge >= 0.3 is 0 Å².